The van der Waals surface area contributed by atoms with E-state index in [1.807, 2.05) is 0 Å². The van der Waals surface area contributed by atoms with Gasteiger partial charge in [-0.1, -0.05) is 110 Å². The molecule has 2 heterocycles. The van der Waals surface area contributed by atoms with Gasteiger partial charge in [-0.05, 0) is 93.9 Å². The highest BCUT2D eigenvalue weighted by atomic mass is 15.1. The van der Waals surface area contributed by atoms with E-state index in [4.69, 9.17) is 0 Å². The molecule has 0 atom stereocenters. The van der Waals surface area contributed by atoms with E-state index in [1.54, 1.807) is 0 Å². The topological polar surface area (TPSA) is 19.0 Å². The lowest BCUT2D eigenvalue weighted by Crippen LogP contribution is -2.20. The zero-order valence-corrected chi connectivity index (χ0v) is 24.5. The average Bonchev–Trinajstić information content (AvgIpc) is 3.46. The molecule has 0 fully saturated rings. The average molecular weight is 565 g/mol. The highest BCUT2D eigenvalue weighted by molar-refractivity contribution is 6.08. The lowest BCUT2D eigenvalue weighted by molar-refractivity contribution is 0.936. The molecule has 6 aromatic carbocycles. The van der Waals surface area contributed by atoms with E-state index in [9.17, 15) is 0 Å². The molecule has 210 valence electrons. The number of aromatic amines is 1. The van der Waals surface area contributed by atoms with Gasteiger partial charge in [-0.2, -0.15) is 0 Å². The van der Waals surface area contributed by atoms with E-state index < -0.39 is 0 Å². The molecule has 1 aliphatic heterocycles. The fourth-order valence-electron chi connectivity index (χ4n) is 6.51. The van der Waals surface area contributed by atoms with Crippen LogP contribution in [-0.2, 0) is 0 Å². The second-order valence-electron chi connectivity index (χ2n) is 11.5. The second-order valence-corrected chi connectivity index (χ2v) is 11.5. The lowest BCUT2D eigenvalue weighted by atomic mass is 9.94. The highest BCUT2D eigenvalue weighted by Gasteiger charge is 2.19. The van der Waals surface area contributed by atoms with E-state index in [0.29, 0.717) is 0 Å². The Bertz CT molecular complexity index is 2130. The number of hydrogen-bond donors (Lipinski definition) is 1. The van der Waals surface area contributed by atoms with E-state index in [-0.39, 0.29) is 0 Å². The van der Waals surface area contributed by atoms with Crippen LogP contribution in [0.3, 0.4) is 0 Å². The number of hydrogen-bond acceptors (Lipinski definition) is 1. The van der Waals surface area contributed by atoms with Crippen LogP contribution in [0.1, 0.15) is 12.0 Å². The van der Waals surface area contributed by atoms with Crippen molar-refractivity contribution in [2.24, 2.45) is 0 Å². The Hall–Kier alpha value is -5.60. The molecule has 2 heteroatoms. The van der Waals surface area contributed by atoms with Crippen molar-refractivity contribution in [2.75, 3.05) is 11.4 Å². The normalized spacial score (nSPS) is 13.9. The summed E-state index contributed by atoms with van der Waals surface area (Å²) in [5.41, 5.74) is 14.1. The maximum absolute atomic E-state index is 4.51. The smallest absolute Gasteiger partial charge is 0.0490 e. The first kappa shape index (κ1) is 26.1. The van der Waals surface area contributed by atoms with E-state index in [1.165, 1.54) is 61.0 Å². The number of fused-ring (bicyclic) bond motifs is 4. The third-order valence-electron chi connectivity index (χ3n) is 8.75. The van der Waals surface area contributed by atoms with Crippen LogP contribution in [0.5, 0.6) is 0 Å². The summed E-state index contributed by atoms with van der Waals surface area (Å²) in [6.07, 6.45) is 5.37. The summed E-state index contributed by atoms with van der Waals surface area (Å²) in [7, 11) is 0. The minimum Gasteiger partial charge on any atom is -0.355 e. The van der Waals surface area contributed by atoms with Gasteiger partial charge in [-0.25, -0.2) is 0 Å². The van der Waals surface area contributed by atoms with Crippen LogP contribution in [0.25, 0.3) is 60.8 Å². The van der Waals surface area contributed by atoms with Crippen molar-refractivity contribution < 1.29 is 0 Å². The summed E-state index contributed by atoms with van der Waals surface area (Å²) < 4.78 is 0. The Kier molecular flexibility index (Phi) is 6.46. The largest absolute Gasteiger partial charge is 0.355 e. The van der Waals surface area contributed by atoms with Crippen molar-refractivity contribution in [2.45, 2.75) is 6.42 Å². The van der Waals surface area contributed by atoms with Gasteiger partial charge in [0.2, 0.25) is 0 Å². The number of allylic oxidation sites excluding steroid dienone is 2. The minimum absolute atomic E-state index is 0.879. The summed E-state index contributed by atoms with van der Waals surface area (Å²) in [5, 5.41) is 2.50. The van der Waals surface area contributed by atoms with Crippen molar-refractivity contribution in [3.8, 4) is 33.4 Å². The van der Waals surface area contributed by atoms with Gasteiger partial charge in [0, 0.05) is 45.3 Å². The standard InChI is InChI=1S/C42H32N2/c1-29-12-10-11-23-44(36-25-34(30-13-4-2-5-14-30)24-35(26-36)31-15-6-3-7-16-31)42-22-20-33(27-38(29)42)32-19-21-41-39(28-32)37-17-8-9-18-40(37)43-41/h2-10,12-22,24-28,43H,1,11,23H2/b12-10-. The summed E-state index contributed by atoms with van der Waals surface area (Å²) >= 11 is 0. The first-order valence-electron chi connectivity index (χ1n) is 15.3. The predicted molar refractivity (Wildman–Crippen MR) is 188 cm³/mol. The highest BCUT2D eigenvalue weighted by Crippen LogP contribution is 2.41. The maximum Gasteiger partial charge on any atom is 0.0490 e. The Labute approximate surface area is 258 Å². The molecular formula is C42H32N2. The summed E-state index contributed by atoms with van der Waals surface area (Å²) in [6.45, 7) is 5.39. The molecule has 1 aromatic heterocycles. The first-order chi connectivity index (χ1) is 21.7. The van der Waals surface area contributed by atoms with Gasteiger partial charge in [0.15, 0.2) is 0 Å². The Morgan fingerprint density at radius 2 is 1.16 bits per heavy atom. The molecule has 0 aliphatic carbocycles. The Balaban J connectivity index is 1.27. The number of benzene rings is 6. The Morgan fingerprint density at radius 3 is 1.91 bits per heavy atom. The van der Waals surface area contributed by atoms with Gasteiger partial charge in [-0.3, -0.25) is 0 Å². The molecule has 7 aromatic rings. The van der Waals surface area contributed by atoms with Gasteiger partial charge >= 0.3 is 0 Å². The molecule has 0 saturated carbocycles. The Morgan fingerprint density at radius 1 is 0.523 bits per heavy atom. The van der Waals surface area contributed by atoms with Gasteiger partial charge in [0.05, 0.1) is 0 Å². The number of nitrogens with one attached hydrogen (secondary N) is 1. The van der Waals surface area contributed by atoms with Crippen LogP contribution >= 0.6 is 0 Å². The van der Waals surface area contributed by atoms with Crippen LogP contribution < -0.4 is 4.90 Å². The zero-order chi connectivity index (χ0) is 29.5. The molecular weight excluding hydrogens is 532 g/mol. The van der Waals surface area contributed by atoms with Gasteiger partial charge in [-0.15, -0.1) is 0 Å². The molecule has 0 spiro atoms. The first-order valence-corrected chi connectivity index (χ1v) is 15.3. The predicted octanol–water partition coefficient (Wildman–Crippen LogP) is 11.4. The lowest BCUT2D eigenvalue weighted by Gasteiger charge is -2.30. The van der Waals surface area contributed by atoms with Gasteiger partial charge in [0.1, 0.15) is 0 Å². The van der Waals surface area contributed by atoms with Crippen molar-refractivity contribution in [1.82, 2.24) is 4.98 Å². The van der Waals surface area contributed by atoms with Crippen LogP contribution in [0.4, 0.5) is 11.4 Å². The number of para-hydroxylation sites is 1. The molecule has 8 rings (SSSR count). The summed E-state index contributed by atoms with van der Waals surface area (Å²) in [5.74, 6) is 0. The maximum atomic E-state index is 4.51. The molecule has 0 saturated heterocycles. The number of anilines is 2. The van der Waals surface area contributed by atoms with Crippen molar-refractivity contribution in [3.63, 3.8) is 0 Å². The SMILES string of the molecule is C=C1/C=C\CCN(c2cc(-c3ccccc3)cc(-c3ccccc3)c2)c2ccc(-c3ccc4[nH]c5ccccc5c4c3)cc21. The molecule has 1 N–H and O–H groups in total. The fourth-order valence-corrected chi connectivity index (χ4v) is 6.51. The van der Waals surface area contributed by atoms with Gasteiger partial charge in [0.25, 0.3) is 0 Å². The number of rotatable bonds is 4. The van der Waals surface area contributed by atoms with Crippen LogP contribution in [-0.4, -0.2) is 11.5 Å². The molecule has 2 nitrogen and oxygen atoms in total. The van der Waals surface area contributed by atoms with Crippen molar-refractivity contribution in [1.29, 1.82) is 0 Å². The van der Waals surface area contributed by atoms with Crippen LogP contribution in [0, 0.1) is 0 Å². The number of H-pyrrole nitrogens is 1. The molecule has 44 heavy (non-hydrogen) atoms. The molecule has 1 aliphatic rings. The third kappa shape index (κ3) is 4.71. The minimum atomic E-state index is 0.879. The van der Waals surface area contributed by atoms with E-state index in [0.717, 1.165) is 29.6 Å². The quantitative estimate of drug-likeness (QED) is 0.225. The zero-order valence-electron chi connectivity index (χ0n) is 24.5. The number of nitrogens with zero attached hydrogens (tertiary/aromatic N) is 1. The number of aromatic nitrogens is 1. The molecule has 0 radical (unpaired) electrons. The second kappa shape index (κ2) is 10.9. The van der Waals surface area contributed by atoms with Crippen molar-refractivity contribution >= 4 is 38.8 Å². The van der Waals surface area contributed by atoms with Crippen LogP contribution in [0.15, 0.2) is 158 Å². The summed E-state index contributed by atoms with van der Waals surface area (Å²) in [4.78, 5) is 6.02. The molecule has 0 unspecified atom stereocenters. The van der Waals surface area contributed by atoms with E-state index >= 15 is 0 Å². The van der Waals surface area contributed by atoms with Gasteiger partial charge < -0.3 is 9.88 Å². The molecule has 0 bridgehead atoms. The fraction of sp³-hybridized carbons (Fsp3) is 0.0476. The van der Waals surface area contributed by atoms with E-state index in [2.05, 4.69) is 168 Å². The van der Waals surface area contributed by atoms with Crippen LogP contribution in [0.2, 0.25) is 0 Å². The third-order valence-corrected chi connectivity index (χ3v) is 8.75. The van der Waals surface area contributed by atoms with Crippen molar-refractivity contribution in [3.05, 3.63) is 164 Å². The summed E-state index contributed by atoms with van der Waals surface area (Å²) in [6, 6.07) is 50.4. The monoisotopic (exact) mass is 564 g/mol. The molecule has 0 amide bonds.